The van der Waals surface area contributed by atoms with Crippen molar-refractivity contribution in [3.63, 3.8) is 0 Å². The van der Waals surface area contributed by atoms with Gasteiger partial charge in [-0.1, -0.05) is 36.5 Å². The van der Waals surface area contributed by atoms with E-state index in [1.54, 1.807) is 36.5 Å². The molecule has 0 aliphatic rings. The zero-order valence-electron chi connectivity index (χ0n) is 18.1. The first kappa shape index (κ1) is 28.2. The molecule has 0 fully saturated rings. The van der Waals surface area contributed by atoms with E-state index in [-0.39, 0.29) is 13.2 Å². The summed E-state index contributed by atoms with van der Waals surface area (Å²) in [5.74, 6) is 0. The predicted octanol–water partition coefficient (Wildman–Crippen LogP) is 3.68. The molecule has 6 heteroatoms. The Bertz CT molecular complexity index is 446. The molecule has 0 unspecified atom stereocenters. The van der Waals surface area contributed by atoms with Gasteiger partial charge in [-0.25, -0.2) is 0 Å². The van der Waals surface area contributed by atoms with Gasteiger partial charge in [-0.05, 0) is 0 Å². The molecular formula is C24H38O6. The summed E-state index contributed by atoms with van der Waals surface area (Å²) in [7, 11) is 0. The second-order valence-electron chi connectivity index (χ2n) is 6.15. The summed E-state index contributed by atoms with van der Waals surface area (Å²) in [4.78, 5) is 0. The van der Waals surface area contributed by atoms with E-state index in [1.165, 1.54) is 0 Å². The van der Waals surface area contributed by atoms with Crippen molar-refractivity contribution in [1.29, 1.82) is 0 Å². The highest BCUT2D eigenvalue weighted by Crippen LogP contribution is 2.20. The smallest absolute Gasteiger partial charge is 0.115 e. The Kier molecular flexibility index (Phi) is 19.2. The largest absolute Gasteiger partial charge is 0.375 e. The van der Waals surface area contributed by atoms with E-state index in [0.29, 0.717) is 39.6 Å². The number of hydrogen-bond acceptors (Lipinski definition) is 6. The molecule has 0 aliphatic carbocycles. The Balaban J connectivity index is 5.78. The van der Waals surface area contributed by atoms with Crippen LogP contribution in [0.25, 0.3) is 0 Å². The lowest BCUT2D eigenvalue weighted by Gasteiger charge is -2.37. The van der Waals surface area contributed by atoms with E-state index in [0.717, 1.165) is 0 Å². The maximum atomic E-state index is 6.08. The molecule has 0 aromatic rings. The fourth-order valence-electron chi connectivity index (χ4n) is 2.58. The minimum Gasteiger partial charge on any atom is -0.375 e. The molecule has 0 saturated carbocycles. The monoisotopic (exact) mass is 422 g/mol. The van der Waals surface area contributed by atoms with Gasteiger partial charge in [0.15, 0.2) is 0 Å². The molecule has 30 heavy (non-hydrogen) atoms. The van der Waals surface area contributed by atoms with Crippen molar-refractivity contribution < 1.29 is 28.4 Å². The van der Waals surface area contributed by atoms with Crippen LogP contribution in [0.5, 0.6) is 0 Å². The summed E-state index contributed by atoms with van der Waals surface area (Å²) in [6.07, 6.45) is 8.06. The molecule has 0 bridgehead atoms. The molecular weight excluding hydrogens is 384 g/mol. The van der Waals surface area contributed by atoms with Crippen molar-refractivity contribution >= 4 is 0 Å². The van der Waals surface area contributed by atoms with Crippen molar-refractivity contribution in [2.45, 2.75) is 24.4 Å². The highest BCUT2D eigenvalue weighted by molar-refractivity contribution is 4.90. The lowest BCUT2D eigenvalue weighted by molar-refractivity contribution is -0.185. The standard InChI is InChI=1S/C24H38O6/c1-7-13-25-19-21(27-15-9-3)23(29-17-11-5)24(30-18-12-6)22(28-16-10-4)20-26-14-8-2/h7-12,21-24H,1-6,13-20H2/t21-,22-,23-,24-/m1/s1. The van der Waals surface area contributed by atoms with Gasteiger partial charge < -0.3 is 28.4 Å². The summed E-state index contributed by atoms with van der Waals surface area (Å²) >= 11 is 0. The molecule has 0 saturated heterocycles. The highest BCUT2D eigenvalue weighted by atomic mass is 16.6. The van der Waals surface area contributed by atoms with Crippen LogP contribution in [0.1, 0.15) is 0 Å². The first-order valence-corrected chi connectivity index (χ1v) is 9.97. The van der Waals surface area contributed by atoms with E-state index in [1.807, 2.05) is 0 Å². The van der Waals surface area contributed by atoms with Gasteiger partial charge in [0.25, 0.3) is 0 Å². The van der Waals surface area contributed by atoms with Crippen LogP contribution in [0.15, 0.2) is 75.9 Å². The number of hydrogen-bond donors (Lipinski definition) is 0. The van der Waals surface area contributed by atoms with Crippen molar-refractivity contribution in [1.82, 2.24) is 0 Å². The predicted molar refractivity (Wildman–Crippen MR) is 122 cm³/mol. The third-order valence-electron chi connectivity index (χ3n) is 3.76. The summed E-state index contributed by atoms with van der Waals surface area (Å²) in [5.41, 5.74) is 0. The van der Waals surface area contributed by atoms with Crippen LogP contribution in [-0.2, 0) is 28.4 Å². The second kappa shape index (κ2) is 20.5. The second-order valence-corrected chi connectivity index (χ2v) is 6.15. The van der Waals surface area contributed by atoms with Crippen molar-refractivity contribution in [3.05, 3.63) is 75.9 Å². The van der Waals surface area contributed by atoms with E-state index in [9.17, 15) is 0 Å². The molecule has 0 spiro atoms. The maximum absolute atomic E-state index is 6.08. The minimum absolute atomic E-state index is 0.275. The molecule has 170 valence electrons. The molecule has 4 atom stereocenters. The Labute approximate surface area is 182 Å². The summed E-state index contributed by atoms with van der Waals surface area (Å²) in [6, 6.07) is 0. The van der Waals surface area contributed by atoms with Crippen molar-refractivity contribution in [2.24, 2.45) is 0 Å². The SMILES string of the molecule is C=CCOC[C@@H](OCC=C)[C@@H](OCC=C)[C@H](OCC=C)[C@@H](COCC=C)OCC=C. The van der Waals surface area contributed by atoms with Crippen LogP contribution in [0.2, 0.25) is 0 Å². The summed E-state index contributed by atoms with van der Waals surface area (Å²) in [6.45, 7) is 24.9. The normalized spacial score (nSPS) is 14.8. The number of rotatable bonds is 23. The van der Waals surface area contributed by atoms with Crippen LogP contribution >= 0.6 is 0 Å². The zero-order valence-corrected chi connectivity index (χ0v) is 18.1. The third kappa shape index (κ3) is 12.7. The zero-order chi connectivity index (χ0) is 22.5. The first-order valence-electron chi connectivity index (χ1n) is 9.97. The van der Waals surface area contributed by atoms with Gasteiger partial charge in [-0.15, -0.1) is 39.5 Å². The Morgan fingerprint density at radius 2 is 0.733 bits per heavy atom. The van der Waals surface area contributed by atoms with E-state index < -0.39 is 24.4 Å². The quantitative estimate of drug-likeness (QED) is 0.185. The topological polar surface area (TPSA) is 55.4 Å². The Morgan fingerprint density at radius 3 is 1.03 bits per heavy atom. The molecule has 0 amide bonds. The summed E-state index contributed by atoms with van der Waals surface area (Å²) < 4.78 is 35.4. The van der Waals surface area contributed by atoms with Crippen molar-refractivity contribution in [3.8, 4) is 0 Å². The maximum Gasteiger partial charge on any atom is 0.115 e. The molecule has 0 heterocycles. The molecule has 0 N–H and O–H groups in total. The molecule has 6 nitrogen and oxygen atoms in total. The van der Waals surface area contributed by atoms with Crippen molar-refractivity contribution in [2.75, 3.05) is 52.9 Å². The Morgan fingerprint density at radius 1 is 0.433 bits per heavy atom. The summed E-state index contributed by atoms with van der Waals surface area (Å²) in [5, 5.41) is 0. The molecule has 0 radical (unpaired) electrons. The third-order valence-corrected chi connectivity index (χ3v) is 3.76. The van der Waals surface area contributed by atoms with Crippen LogP contribution in [0, 0.1) is 0 Å². The van der Waals surface area contributed by atoms with E-state index in [2.05, 4.69) is 39.5 Å². The average molecular weight is 423 g/mol. The molecule has 0 aliphatic heterocycles. The van der Waals surface area contributed by atoms with Gasteiger partial charge in [0.2, 0.25) is 0 Å². The average Bonchev–Trinajstić information content (AvgIpc) is 2.76. The first-order chi connectivity index (χ1) is 14.7. The Hall–Kier alpha value is -1.80. The van der Waals surface area contributed by atoms with Gasteiger partial charge in [0.1, 0.15) is 24.4 Å². The van der Waals surface area contributed by atoms with Gasteiger partial charge in [0, 0.05) is 0 Å². The van der Waals surface area contributed by atoms with E-state index >= 15 is 0 Å². The lowest BCUT2D eigenvalue weighted by atomic mass is 10.0. The fraction of sp³-hybridized carbons (Fsp3) is 0.500. The highest BCUT2D eigenvalue weighted by Gasteiger charge is 2.38. The number of ether oxygens (including phenoxy) is 6. The van der Waals surface area contributed by atoms with Gasteiger partial charge in [-0.2, -0.15) is 0 Å². The van der Waals surface area contributed by atoms with Gasteiger partial charge in [-0.3, -0.25) is 0 Å². The van der Waals surface area contributed by atoms with E-state index in [4.69, 9.17) is 28.4 Å². The lowest BCUT2D eigenvalue weighted by Crippen LogP contribution is -2.52. The molecule has 0 rings (SSSR count). The van der Waals surface area contributed by atoms with Crippen LogP contribution < -0.4 is 0 Å². The van der Waals surface area contributed by atoms with Crippen LogP contribution in [0.3, 0.4) is 0 Å². The molecule has 0 aromatic heterocycles. The fourth-order valence-corrected chi connectivity index (χ4v) is 2.58. The van der Waals surface area contributed by atoms with Crippen LogP contribution in [0.4, 0.5) is 0 Å². The van der Waals surface area contributed by atoms with Gasteiger partial charge >= 0.3 is 0 Å². The van der Waals surface area contributed by atoms with Crippen LogP contribution in [-0.4, -0.2) is 77.3 Å². The minimum atomic E-state index is -0.533. The molecule has 0 aromatic carbocycles. The van der Waals surface area contributed by atoms with Gasteiger partial charge in [0.05, 0.1) is 52.9 Å².